The van der Waals surface area contributed by atoms with E-state index in [1.807, 2.05) is 42.5 Å². The SMILES string of the molecule is CC1(C)C[C@@H](C2C3CC(N)CC3CN2c2ccc(S(=O)c3ccccc3)nn2)CCO1. The summed E-state index contributed by atoms with van der Waals surface area (Å²) < 4.78 is 18.8. The Labute approximate surface area is 187 Å². The molecule has 5 unspecified atom stereocenters. The van der Waals surface area contributed by atoms with Gasteiger partial charge in [-0.3, -0.25) is 0 Å². The molecule has 1 aromatic heterocycles. The number of anilines is 1. The third-order valence-corrected chi connectivity index (χ3v) is 8.60. The van der Waals surface area contributed by atoms with Crippen LogP contribution >= 0.6 is 0 Å². The Kier molecular flexibility index (Phi) is 5.61. The van der Waals surface area contributed by atoms with Crippen molar-refractivity contribution in [1.82, 2.24) is 10.2 Å². The Morgan fingerprint density at radius 1 is 1.10 bits per heavy atom. The Bertz CT molecular complexity index is 936. The standard InChI is InChI=1S/C24H32N4O2S/c1-24(2)14-16(10-11-30-24)23-20-13-18(25)12-17(20)15-28(23)21-8-9-22(27-26-21)31(29)19-6-4-3-5-7-19/h3-9,16-18,20,23H,10-15,25H2,1-2H3/t16-,17?,18?,20?,23?,31?/m0/s1. The maximum absolute atomic E-state index is 12.8. The molecule has 2 saturated heterocycles. The summed E-state index contributed by atoms with van der Waals surface area (Å²) in [6.07, 6.45) is 4.31. The number of benzene rings is 1. The zero-order valence-electron chi connectivity index (χ0n) is 18.3. The summed E-state index contributed by atoms with van der Waals surface area (Å²) in [5, 5.41) is 9.43. The summed E-state index contributed by atoms with van der Waals surface area (Å²) >= 11 is 0. The second-order valence-corrected chi connectivity index (χ2v) is 11.4. The molecule has 2 aliphatic heterocycles. The van der Waals surface area contributed by atoms with Gasteiger partial charge >= 0.3 is 0 Å². The molecule has 0 bridgehead atoms. The Morgan fingerprint density at radius 3 is 2.61 bits per heavy atom. The first kappa shape index (κ1) is 21.0. The predicted octanol–water partition coefficient (Wildman–Crippen LogP) is 3.39. The van der Waals surface area contributed by atoms with Crippen molar-refractivity contribution in [2.45, 2.75) is 67.1 Å². The van der Waals surface area contributed by atoms with Gasteiger partial charge in [0.15, 0.2) is 10.8 Å². The maximum Gasteiger partial charge on any atom is 0.155 e. The van der Waals surface area contributed by atoms with E-state index in [4.69, 9.17) is 10.5 Å². The fourth-order valence-electron chi connectivity index (χ4n) is 6.09. The van der Waals surface area contributed by atoms with Crippen molar-refractivity contribution in [3.63, 3.8) is 0 Å². The highest BCUT2D eigenvalue weighted by atomic mass is 32.2. The summed E-state index contributed by atoms with van der Waals surface area (Å²) in [5.41, 5.74) is 6.27. The molecular formula is C24H32N4O2S. The normalized spacial score (nSPS) is 33.3. The lowest BCUT2D eigenvalue weighted by Gasteiger charge is -2.42. The molecule has 0 amide bonds. The van der Waals surface area contributed by atoms with Crippen LogP contribution in [0.25, 0.3) is 0 Å². The molecule has 3 aliphatic rings. The van der Waals surface area contributed by atoms with Crippen molar-refractivity contribution in [2.24, 2.45) is 23.5 Å². The van der Waals surface area contributed by atoms with Gasteiger partial charge in [-0.1, -0.05) is 18.2 Å². The van der Waals surface area contributed by atoms with Gasteiger partial charge in [-0.2, -0.15) is 0 Å². The molecule has 6 nitrogen and oxygen atoms in total. The lowest BCUT2D eigenvalue weighted by Crippen LogP contribution is -2.46. The lowest BCUT2D eigenvalue weighted by molar-refractivity contribution is -0.0784. The van der Waals surface area contributed by atoms with Crippen LogP contribution in [0.3, 0.4) is 0 Å². The van der Waals surface area contributed by atoms with Crippen molar-refractivity contribution in [3.8, 4) is 0 Å². The largest absolute Gasteiger partial charge is 0.376 e. The van der Waals surface area contributed by atoms with Crippen LogP contribution in [0.4, 0.5) is 5.82 Å². The number of hydrogen-bond acceptors (Lipinski definition) is 6. The summed E-state index contributed by atoms with van der Waals surface area (Å²) in [6, 6.07) is 14.0. The van der Waals surface area contributed by atoms with Gasteiger partial charge in [0.1, 0.15) is 10.8 Å². The van der Waals surface area contributed by atoms with E-state index in [1.54, 1.807) is 0 Å². The highest BCUT2D eigenvalue weighted by Crippen LogP contribution is 2.48. The number of fused-ring (bicyclic) bond motifs is 1. The smallest absolute Gasteiger partial charge is 0.155 e. The predicted molar refractivity (Wildman–Crippen MR) is 121 cm³/mol. The number of hydrogen-bond donors (Lipinski definition) is 1. The highest BCUT2D eigenvalue weighted by molar-refractivity contribution is 7.85. The monoisotopic (exact) mass is 440 g/mol. The third-order valence-electron chi connectivity index (χ3n) is 7.30. The quantitative estimate of drug-likeness (QED) is 0.785. The molecule has 3 fully saturated rings. The molecule has 31 heavy (non-hydrogen) atoms. The van der Waals surface area contributed by atoms with E-state index in [0.29, 0.717) is 34.9 Å². The van der Waals surface area contributed by atoms with Gasteiger partial charge in [-0.15, -0.1) is 10.2 Å². The van der Waals surface area contributed by atoms with Gasteiger partial charge in [0.2, 0.25) is 0 Å². The van der Waals surface area contributed by atoms with E-state index in [1.165, 1.54) is 0 Å². The van der Waals surface area contributed by atoms with Crippen molar-refractivity contribution in [2.75, 3.05) is 18.1 Å². The van der Waals surface area contributed by atoms with Crippen LogP contribution in [-0.4, -0.2) is 45.2 Å². The van der Waals surface area contributed by atoms with Gasteiger partial charge in [0.25, 0.3) is 0 Å². The number of aromatic nitrogens is 2. The summed E-state index contributed by atoms with van der Waals surface area (Å²) in [7, 11) is -1.31. The number of nitrogens with two attached hydrogens (primary N) is 1. The van der Waals surface area contributed by atoms with Gasteiger partial charge in [0, 0.05) is 30.1 Å². The fraction of sp³-hybridized carbons (Fsp3) is 0.583. The van der Waals surface area contributed by atoms with Crippen LogP contribution in [0, 0.1) is 17.8 Å². The molecule has 1 saturated carbocycles. The van der Waals surface area contributed by atoms with Crippen molar-refractivity contribution in [3.05, 3.63) is 42.5 Å². The molecular weight excluding hydrogens is 408 g/mol. The van der Waals surface area contributed by atoms with Gasteiger partial charge in [-0.25, -0.2) is 4.21 Å². The van der Waals surface area contributed by atoms with Crippen LogP contribution in [0.2, 0.25) is 0 Å². The van der Waals surface area contributed by atoms with E-state index in [2.05, 4.69) is 28.9 Å². The zero-order chi connectivity index (χ0) is 21.6. The Balaban J connectivity index is 1.41. The lowest BCUT2D eigenvalue weighted by atomic mass is 9.77. The van der Waals surface area contributed by atoms with Crippen molar-refractivity contribution >= 4 is 16.6 Å². The summed E-state index contributed by atoms with van der Waals surface area (Å²) in [5.74, 6) is 2.68. The van der Waals surface area contributed by atoms with Crippen molar-refractivity contribution < 1.29 is 8.95 Å². The van der Waals surface area contributed by atoms with Gasteiger partial charge < -0.3 is 15.4 Å². The Morgan fingerprint density at radius 2 is 1.90 bits per heavy atom. The zero-order valence-corrected chi connectivity index (χ0v) is 19.1. The van der Waals surface area contributed by atoms with E-state index in [0.717, 1.165) is 49.5 Å². The van der Waals surface area contributed by atoms with Crippen LogP contribution < -0.4 is 10.6 Å². The molecule has 0 spiro atoms. The molecule has 166 valence electrons. The first-order valence-electron chi connectivity index (χ1n) is 11.4. The number of rotatable bonds is 4. The van der Waals surface area contributed by atoms with Crippen LogP contribution in [-0.2, 0) is 15.5 Å². The van der Waals surface area contributed by atoms with E-state index in [9.17, 15) is 4.21 Å². The van der Waals surface area contributed by atoms with Gasteiger partial charge in [0.05, 0.1) is 5.60 Å². The average Bonchev–Trinajstić information content (AvgIpc) is 3.29. The molecule has 2 aromatic rings. The van der Waals surface area contributed by atoms with Crippen LogP contribution in [0.1, 0.15) is 39.5 Å². The highest BCUT2D eigenvalue weighted by Gasteiger charge is 2.51. The summed E-state index contributed by atoms with van der Waals surface area (Å²) in [4.78, 5) is 3.21. The van der Waals surface area contributed by atoms with E-state index < -0.39 is 10.8 Å². The summed E-state index contributed by atoms with van der Waals surface area (Å²) in [6.45, 7) is 6.19. The Hall–Kier alpha value is -1.83. The third kappa shape index (κ3) is 4.15. The average molecular weight is 441 g/mol. The van der Waals surface area contributed by atoms with Crippen LogP contribution in [0.5, 0.6) is 0 Å². The minimum Gasteiger partial charge on any atom is -0.376 e. The molecule has 2 N–H and O–H groups in total. The van der Waals surface area contributed by atoms with Crippen LogP contribution in [0.15, 0.2) is 52.4 Å². The molecule has 3 heterocycles. The molecule has 5 rings (SSSR count). The molecule has 7 heteroatoms. The maximum atomic E-state index is 12.8. The first-order valence-corrected chi connectivity index (χ1v) is 12.5. The number of ether oxygens (including phenoxy) is 1. The number of nitrogens with zero attached hydrogens (tertiary/aromatic N) is 3. The molecule has 0 radical (unpaired) electrons. The van der Waals surface area contributed by atoms with Gasteiger partial charge in [-0.05, 0) is 81.5 Å². The first-order chi connectivity index (χ1) is 14.9. The molecule has 1 aromatic carbocycles. The second kappa shape index (κ2) is 8.26. The minimum atomic E-state index is -1.31. The van der Waals surface area contributed by atoms with E-state index >= 15 is 0 Å². The van der Waals surface area contributed by atoms with Crippen molar-refractivity contribution in [1.29, 1.82) is 0 Å². The molecule has 1 aliphatic carbocycles. The minimum absolute atomic E-state index is 0.0878. The molecule has 6 atom stereocenters. The topological polar surface area (TPSA) is 81.3 Å². The second-order valence-electron chi connectivity index (χ2n) is 9.97. The fourth-order valence-corrected chi connectivity index (χ4v) is 7.04. The van der Waals surface area contributed by atoms with E-state index in [-0.39, 0.29) is 5.60 Å².